The largest absolute Gasteiger partial charge is 0.490 e. The monoisotopic (exact) mass is 292 g/mol. The van der Waals surface area contributed by atoms with Gasteiger partial charge in [-0.25, -0.2) is 0 Å². The molecule has 1 unspecified atom stereocenters. The first-order valence-electron chi connectivity index (χ1n) is 7.57. The second-order valence-corrected chi connectivity index (χ2v) is 6.83. The van der Waals surface area contributed by atoms with Crippen molar-refractivity contribution in [3.63, 3.8) is 0 Å². The molecule has 0 N–H and O–H groups in total. The van der Waals surface area contributed by atoms with Crippen LogP contribution < -0.4 is 4.74 Å². The molecule has 3 heteroatoms. The zero-order valence-corrected chi connectivity index (χ0v) is 13.9. The number of ketones is 1. The van der Waals surface area contributed by atoms with Gasteiger partial charge in [-0.1, -0.05) is 39.8 Å². The Hall–Kier alpha value is -1.35. The van der Waals surface area contributed by atoms with E-state index in [9.17, 15) is 4.79 Å². The molecular formula is C18H28O3. The van der Waals surface area contributed by atoms with Gasteiger partial charge in [-0.2, -0.15) is 0 Å². The van der Waals surface area contributed by atoms with Crippen LogP contribution in [-0.4, -0.2) is 26.1 Å². The van der Waals surface area contributed by atoms with Crippen LogP contribution in [0.3, 0.4) is 0 Å². The van der Waals surface area contributed by atoms with Gasteiger partial charge in [0, 0.05) is 13.5 Å². The van der Waals surface area contributed by atoms with Gasteiger partial charge in [0.15, 0.2) is 5.78 Å². The summed E-state index contributed by atoms with van der Waals surface area (Å²) < 4.78 is 10.6. The lowest BCUT2D eigenvalue weighted by Crippen LogP contribution is -2.15. The molecule has 0 aromatic heterocycles. The van der Waals surface area contributed by atoms with Crippen LogP contribution >= 0.6 is 0 Å². The molecule has 0 heterocycles. The van der Waals surface area contributed by atoms with E-state index in [1.807, 2.05) is 24.3 Å². The molecule has 21 heavy (non-hydrogen) atoms. The fourth-order valence-corrected chi connectivity index (χ4v) is 2.60. The Balaban J connectivity index is 2.69. The smallest absolute Gasteiger partial charge is 0.166 e. The predicted octanol–water partition coefficient (Wildman–Crippen LogP) is 4.36. The average Bonchev–Trinajstić information content (AvgIpc) is 2.37. The third-order valence-corrected chi connectivity index (χ3v) is 3.23. The van der Waals surface area contributed by atoms with E-state index in [1.165, 1.54) is 0 Å². The zero-order chi connectivity index (χ0) is 15.9. The number of methoxy groups -OCH3 is 1. The van der Waals surface area contributed by atoms with Crippen molar-refractivity contribution in [1.29, 1.82) is 0 Å². The highest BCUT2D eigenvalue weighted by Gasteiger charge is 2.20. The lowest BCUT2D eigenvalue weighted by atomic mass is 9.83. The highest BCUT2D eigenvalue weighted by Crippen LogP contribution is 2.28. The zero-order valence-electron chi connectivity index (χ0n) is 13.9. The first-order valence-corrected chi connectivity index (χ1v) is 7.57. The van der Waals surface area contributed by atoms with E-state index < -0.39 is 0 Å². The number of hydrogen-bond donors (Lipinski definition) is 0. The summed E-state index contributed by atoms with van der Waals surface area (Å²) in [6.07, 6.45) is 1.59. The van der Waals surface area contributed by atoms with Gasteiger partial charge >= 0.3 is 0 Å². The molecule has 0 amide bonds. The van der Waals surface area contributed by atoms with Gasteiger partial charge in [-0.3, -0.25) is 4.79 Å². The second kappa shape index (κ2) is 8.18. The fraction of sp³-hybridized carbons (Fsp3) is 0.611. The van der Waals surface area contributed by atoms with E-state index in [2.05, 4.69) is 27.7 Å². The SMILES string of the molecule is COCCOc1ccccc1C(=O)CC(C)CC(C)(C)C. The van der Waals surface area contributed by atoms with Gasteiger partial charge in [0.1, 0.15) is 12.4 Å². The summed E-state index contributed by atoms with van der Waals surface area (Å²) in [5, 5.41) is 0. The number of Topliss-reactive ketones (excluding diaryl/α,β-unsaturated/α-hetero) is 1. The van der Waals surface area contributed by atoms with Gasteiger partial charge in [-0.05, 0) is 29.9 Å². The van der Waals surface area contributed by atoms with Crippen LogP contribution in [0.4, 0.5) is 0 Å². The average molecular weight is 292 g/mol. The maximum Gasteiger partial charge on any atom is 0.166 e. The summed E-state index contributed by atoms with van der Waals surface area (Å²) in [7, 11) is 1.63. The van der Waals surface area contributed by atoms with Crippen molar-refractivity contribution in [3.8, 4) is 5.75 Å². The molecule has 3 nitrogen and oxygen atoms in total. The Labute approximate surface area is 128 Å². The van der Waals surface area contributed by atoms with Crippen LogP contribution in [0.5, 0.6) is 5.75 Å². The second-order valence-electron chi connectivity index (χ2n) is 6.83. The summed E-state index contributed by atoms with van der Waals surface area (Å²) in [6, 6.07) is 7.45. The summed E-state index contributed by atoms with van der Waals surface area (Å²) in [5.74, 6) is 1.17. The van der Waals surface area contributed by atoms with Crippen molar-refractivity contribution in [2.75, 3.05) is 20.3 Å². The first-order chi connectivity index (χ1) is 9.83. The van der Waals surface area contributed by atoms with Gasteiger partial charge < -0.3 is 9.47 Å². The molecule has 0 spiro atoms. The molecule has 0 bridgehead atoms. The quantitative estimate of drug-likeness (QED) is 0.527. The van der Waals surface area contributed by atoms with E-state index in [1.54, 1.807) is 7.11 Å². The highest BCUT2D eigenvalue weighted by atomic mass is 16.5. The minimum atomic E-state index is 0.153. The van der Waals surface area contributed by atoms with Crippen molar-refractivity contribution in [3.05, 3.63) is 29.8 Å². The Morgan fingerprint density at radius 3 is 2.48 bits per heavy atom. The van der Waals surface area contributed by atoms with Crippen LogP contribution in [-0.2, 0) is 4.74 Å². The topological polar surface area (TPSA) is 35.5 Å². The standard InChI is InChI=1S/C18H28O3/c1-14(13-18(2,3)4)12-16(19)15-8-6-7-9-17(15)21-11-10-20-5/h6-9,14H,10-13H2,1-5H3. The molecule has 1 rings (SSSR count). The lowest BCUT2D eigenvalue weighted by Gasteiger charge is -2.23. The highest BCUT2D eigenvalue weighted by molar-refractivity contribution is 5.98. The molecule has 0 saturated carbocycles. The third-order valence-electron chi connectivity index (χ3n) is 3.23. The first kappa shape index (κ1) is 17.7. The van der Waals surface area contributed by atoms with E-state index in [0.29, 0.717) is 36.9 Å². The number of ether oxygens (including phenoxy) is 2. The summed E-state index contributed by atoms with van der Waals surface area (Å²) in [4.78, 5) is 12.5. The normalized spacial score (nSPS) is 13.0. The number of benzene rings is 1. The molecule has 1 atom stereocenters. The maximum atomic E-state index is 12.5. The number of para-hydroxylation sites is 1. The van der Waals surface area contributed by atoms with E-state index in [-0.39, 0.29) is 11.2 Å². The van der Waals surface area contributed by atoms with Crippen molar-refractivity contribution >= 4 is 5.78 Å². The lowest BCUT2D eigenvalue weighted by molar-refractivity contribution is 0.0946. The molecular weight excluding hydrogens is 264 g/mol. The molecule has 1 aromatic carbocycles. The molecule has 0 saturated heterocycles. The maximum absolute atomic E-state index is 12.5. The van der Waals surface area contributed by atoms with Crippen molar-refractivity contribution in [2.24, 2.45) is 11.3 Å². The van der Waals surface area contributed by atoms with Crippen LogP contribution in [0.15, 0.2) is 24.3 Å². The Morgan fingerprint density at radius 1 is 1.19 bits per heavy atom. The summed E-state index contributed by atoms with van der Waals surface area (Å²) >= 11 is 0. The summed E-state index contributed by atoms with van der Waals surface area (Å²) in [5.41, 5.74) is 0.920. The number of carbonyl (C=O) groups is 1. The van der Waals surface area contributed by atoms with Crippen LogP contribution in [0.1, 0.15) is 50.9 Å². The van der Waals surface area contributed by atoms with Crippen molar-refractivity contribution in [1.82, 2.24) is 0 Å². The van der Waals surface area contributed by atoms with Gasteiger partial charge in [0.25, 0.3) is 0 Å². The molecule has 0 aliphatic heterocycles. The minimum Gasteiger partial charge on any atom is -0.490 e. The van der Waals surface area contributed by atoms with Gasteiger partial charge in [0.05, 0.1) is 12.2 Å². The molecule has 0 fully saturated rings. The van der Waals surface area contributed by atoms with Gasteiger partial charge in [0.2, 0.25) is 0 Å². The van der Waals surface area contributed by atoms with Crippen LogP contribution in [0.2, 0.25) is 0 Å². The molecule has 1 aromatic rings. The number of hydrogen-bond acceptors (Lipinski definition) is 3. The van der Waals surface area contributed by atoms with Crippen LogP contribution in [0.25, 0.3) is 0 Å². The Kier molecular flexibility index (Phi) is 6.90. The molecule has 0 aliphatic rings. The Morgan fingerprint density at radius 2 is 1.86 bits per heavy atom. The molecule has 118 valence electrons. The molecule has 0 aliphatic carbocycles. The Bertz CT molecular complexity index is 446. The number of rotatable bonds is 8. The number of carbonyl (C=O) groups excluding carboxylic acids is 1. The van der Waals surface area contributed by atoms with Gasteiger partial charge in [-0.15, -0.1) is 0 Å². The van der Waals surface area contributed by atoms with E-state index in [4.69, 9.17) is 9.47 Å². The van der Waals surface area contributed by atoms with Crippen LogP contribution in [0, 0.1) is 11.3 Å². The minimum absolute atomic E-state index is 0.153. The van der Waals surface area contributed by atoms with Crippen molar-refractivity contribution < 1.29 is 14.3 Å². The van der Waals surface area contributed by atoms with E-state index >= 15 is 0 Å². The predicted molar refractivity (Wildman–Crippen MR) is 86.0 cm³/mol. The fourth-order valence-electron chi connectivity index (χ4n) is 2.60. The third kappa shape index (κ3) is 6.76. The van der Waals surface area contributed by atoms with Crippen molar-refractivity contribution in [2.45, 2.75) is 40.5 Å². The van der Waals surface area contributed by atoms with E-state index in [0.717, 1.165) is 6.42 Å². The molecule has 0 radical (unpaired) electrons. The summed E-state index contributed by atoms with van der Waals surface area (Å²) in [6.45, 7) is 9.72.